The summed E-state index contributed by atoms with van der Waals surface area (Å²) >= 11 is 0. The van der Waals surface area contributed by atoms with Crippen molar-refractivity contribution in [3.8, 4) is 0 Å². The van der Waals surface area contributed by atoms with Crippen LogP contribution in [0.2, 0.25) is 0 Å². The van der Waals surface area contributed by atoms with E-state index in [1.54, 1.807) is 21.0 Å². The molecule has 1 atom stereocenters. The fourth-order valence-corrected chi connectivity index (χ4v) is 2.23. The Hall–Kier alpha value is -1.06. The number of rotatable bonds is 4. The zero-order valence-corrected chi connectivity index (χ0v) is 10.5. The van der Waals surface area contributed by atoms with Gasteiger partial charge in [0.2, 0.25) is 11.8 Å². The number of nitrogens with zero attached hydrogens (tertiary/aromatic N) is 1. The molecule has 0 aromatic rings. The van der Waals surface area contributed by atoms with Gasteiger partial charge in [0.1, 0.15) is 6.04 Å². The van der Waals surface area contributed by atoms with Crippen molar-refractivity contribution in [1.29, 1.82) is 0 Å². The van der Waals surface area contributed by atoms with Gasteiger partial charge >= 0.3 is 0 Å². The molecule has 1 aliphatic carbocycles. The van der Waals surface area contributed by atoms with Crippen molar-refractivity contribution in [3.63, 3.8) is 0 Å². The van der Waals surface area contributed by atoms with Crippen LogP contribution >= 0.6 is 0 Å². The zero-order valence-electron chi connectivity index (χ0n) is 10.5. The lowest BCUT2D eigenvalue weighted by atomic mass is 10.0. The first-order valence-corrected chi connectivity index (χ1v) is 6.01. The zero-order chi connectivity index (χ0) is 12.1. The van der Waals surface area contributed by atoms with Gasteiger partial charge in [-0.05, 0) is 25.7 Å². The quantitative estimate of drug-likeness (QED) is 0.782. The molecule has 1 rings (SSSR count). The highest BCUT2D eigenvalue weighted by molar-refractivity contribution is 5.87. The van der Waals surface area contributed by atoms with Gasteiger partial charge < -0.3 is 10.2 Å². The van der Waals surface area contributed by atoms with Crippen molar-refractivity contribution in [2.24, 2.45) is 5.92 Å². The summed E-state index contributed by atoms with van der Waals surface area (Å²) < 4.78 is 0. The number of likely N-dealkylation sites (N-methyl/N-ethyl adjacent to an activating group) is 1. The first kappa shape index (κ1) is 13.0. The summed E-state index contributed by atoms with van der Waals surface area (Å²) in [6, 6.07) is -0.413. The van der Waals surface area contributed by atoms with Crippen molar-refractivity contribution in [2.75, 3.05) is 14.1 Å². The van der Waals surface area contributed by atoms with E-state index in [1.807, 2.05) is 0 Å². The SMILES string of the molecule is C[C@H](NC(=O)CC1CCCC1)C(=O)N(C)C. The van der Waals surface area contributed by atoms with Crippen LogP contribution in [0.15, 0.2) is 0 Å². The smallest absolute Gasteiger partial charge is 0.244 e. The number of nitrogens with one attached hydrogen (secondary N) is 1. The van der Waals surface area contributed by atoms with Gasteiger partial charge in [-0.15, -0.1) is 0 Å². The van der Waals surface area contributed by atoms with E-state index in [1.165, 1.54) is 17.7 Å². The molecule has 4 heteroatoms. The van der Waals surface area contributed by atoms with Crippen LogP contribution < -0.4 is 5.32 Å². The van der Waals surface area contributed by atoms with Crippen LogP contribution in [0.1, 0.15) is 39.0 Å². The highest BCUT2D eigenvalue weighted by Gasteiger charge is 2.21. The molecule has 0 spiro atoms. The molecule has 0 aromatic carbocycles. The van der Waals surface area contributed by atoms with Crippen LogP contribution in [0.3, 0.4) is 0 Å². The summed E-state index contributed by atoms with van der Waals surface area (Å²) in [5, 5.41) is 2.76. The fraction of sp³-hybridized carbons (Fsp3) is 0.833. The van der Waals surface area contributed by atoms with Gasteiger partial charge in [0, 0.05) is 20.5 Å². The topological polar surface area (TPSA) is 49.4 Å². The highest BCUT2D eigenvalue weighted by Crippen LogP contribution is 2.27. The molecular weight excluding hydrogens is 204 g/mol. The number of amides is 2. The molecule has 0 saturated heterocycles. The summed E-state index contributed by atoms with van der Waals surface area (Å²) in [5.41, 5.74) is 0. The molecule has 16 heavy (non-hydrogen) atoms. The summed E-state index contributed by atoms with van der Waals surface area (Å²) in [5.74, 6) is 0.482. The van der Waals surface area contributed by atoms with Crippen LogP contribution in [0.5, 0.6) is 0 Å². The Morgan fingerprint density at radius 3 is 2.38 bits per heavy atom. The van der Waals surface area contributed by atoms with Crippen molar-refractivity contribution in [3.05, 3.63) is 0 Å². The standard InChI is InChI=1S/C12H22N2O2/c1-9(12(16)14(2)3)13-11(15)8-10-6-4-5-7-10/h9-10H,4-8H2,1-3H3,(H,13,15)/t9-/m0/s1. The maximum Gasteiger partial charge on any atom is 0.244 e. The van der Waals surface area contributed by atoms with Crippen LogP contribution in [0, 0.1) is 5.92 Å². The minimum absolute atomic E-state index is 0.00889. The lowest BCUT2D eigenvalue weighted by Crippen LogP contribution is -2.44. The number of carbonyl (C=O) groups excluding carboxylic acids is 2. The average Bonchev–Trinajstić information content (AvgIpc) is 2.68. The predicted molar refractivity (Wildman–Crippen MR) is 62.9 cm³/mol. The summed E-state index contributed by atoms with van der Waals surface area (Å²) in [6.45, 7) is 1.73. The lowest BCUT2D eigenvalue weighted by Gasteiger charge is -2.18. The molecule has 0 aromatic heterocycles. The van der Waals surface area contributed by atoms with Gasteiger partial charge in [-0.3, -0.25) is 9.59 Å². The minimum Gasteiger partial charge on any atom is -0.347 e. The van der Waals surface area contributed by atoms with E-state index < -0.39 is 6.04 Å². The van der Waals surface area contributed by atoms with E-state index in [9.17, 15) is 9.59 Å². The largest absolute Gasteiger partial charge is 0.347 e. The second-order valence-corrected chi connectivity index (χ2v) is 4.88. The highest BCUT2D eigenvalue weighted by atomic mass is 16.2. The van der Waals surface area contributed by atoms with Crippen LogP contribution in [0.4, 0.5) is 0 Å². The van der Waals surface area contributed by atoms with Gasteiger partial charge in [-0.2, -0.15) is 0 Å². The third-order valence-electron chi connectivity index (χ3n) is 3.14. The maximum atomic E-state index is 11.7. The first-order chi connectivity index (χ1) is 7.50. The molecule has 0 bridgehead atoms. The molecule has 1 N–H and O–H groups in total. The molecule has 1 aliphatic rings. The van der Waals surface area contributed by atoms with Gasteiger partial charge in [0.25, 0.3) is 0 Å². The van der Waals surface area contributed by atoms with E-state index in [4.69, 9.17) is 0 Å². The van der Waals surface area contributed by atoms with Crippen molar-refractivity contribution < 1.29 is 9.59 Å². The maximum absolute atomic E-state index is 11.7. The predicted octanol–water partition coefficient (Wildman–Crippen LogP) is 1.16. The third-order valence-corrected chi connectivity index (χ3v) is 3.14. The molecule has 92 valence electrons. The van der Waals surface area contributed by atoms with Crippen molar-refractivity contribution in [1.82, 2.24) is 10.2 Å². The molecule has 4 nitrogen and oxygen atoms in total. The van der Waals surface area contributed by atoms with Gasteiger partial charge in [-0.25, -0.2) is 0 Å². The number of carbonyl (C=O) groups is 2. The summed E-state index contributed by atoms with van der Waals surface area (Å²) in [7, 11) is 3.39. The second-order valence-electron chi connectivity index (χ2n) is 4.88. The Morgan fingerprint density at radius 2 is 1.88 bits per heavy atom. The molecule has 1 fully saturated rings. The molecule has 0 unspecified atom stereocenters. The van der Waals surface area contributed by atoms with Crippen LogP contribution in [-0.4, -0.2) is 36.9 Å². The number of hydrogen-bond donors (Lipinski definition) is 1. The summed E-state index contributed by atoms with van der Waals surface area (Å²) in [6.07, 6.45) is 5.37. The molecule has 0 radical (unpaired) electrons. The van der Waals surface area contributed by atoms with Gasteiger partial charge in [-0.1, -0.05) is 12.8 Å². The Bertz CT molecular complexity index is 258. The lowest BCUT2D eigenvalue weighted by molar-refractivity contribution is -0.134. The van der Waals surface area contributed by atoms with E-state index >= 15 is 0 Å². The second kappa shape index (κ2) is 5.87. The minimum atomic E-state index is -0.413. The Kier molecular flexibility index (Phi) is 4.77. The molecule has 1 saturated carbocycles. The first-order valence-electron chi connectivity index (χ1n) is 6.01. The van der Waals surface area contributed by atoms with Crippen molar-refractivity contribution >= 4 is 11.8 Å². The number of hydrogen-bond acceptors (Lipinski definition) is 2. The van der Waals surface area contributed by atoms with E-state index in [2.05, 4.69) is 5.32 Å². The Morgan fingerprint density at radius 1 is 1.31 bits per heavy atom. The molecular formula is C12H22N2O2. The van der Waals surface area contributed by atoms with Crippen LogP contribution in [0.25, 0.3) is 0 Å². The van der Waals surface area contributed by atoms with E-state index in [0.717, 1.165) is 12.8 Å². The Balaban J connectivity index is 2.30. The molecule has 0 heterocycles. The normalized spacial score (nSPS) is 18.2. The Labute approximate surface area is 97.4 Å². The third kappa shape index (κ3) is 3.83. The molecule has 0 aliphatic heterocycles. The van der Waals surface area contributed by atoms with Crippen LogP contribution in [-0.2, 0) is 9.59 Å². The van der Waals surface area contributed by atoms with E-state index in [-0.39, 0.29) is 11.8 Å². The van der Waals surface area contributed by atoms with Gasteiger partial charge in [0.15, 0.2) is 0 Å². The fourth-order valence-electron chi connectivity index (χ4n) is 2.23. The summed E-state index contributed by atoms with van der Waals surface area (Å²) in [4.78, 5) is 24.7. The van der Waals surface area contributed by atoms with Crippen molar-refractivity contribution in [2.45, 2.75) is 45.1 Å². The average molecular weight is 226 g/mol. The van der Waals surface area contributed by atoms with E-state index in [0.29, 0.717) is 12.3 Å². The molecule has 2 amide bonds. The monoisotopic (exact) mass is 226 g/mol. The van der Waals surface area contributed by atoms with Gasteiger partial charge in [0.05, 0.1) is 0 Å².